The van der Waals surface area contributed by atoms with Crippen molar-refractivity contribution in [2.45, 2.75) is 39.7 Å². The number of nitrogens with zero attached hydrogens (tertiary/aromatic N) is 3. The number of pyridine rings is 1. The molecule has 1 aliphatic rings. The number of halogens is 1. The molecule has 2 heterocycles. The van der Waals surface area contributed by atoms with Crippen LogP contribution in [0.3, 0.4) is 0 Å². The molecule has 1 fully saturated rings. The molecular formula is C17H29IN4O. The van der Waals surface area contributed by atoms with Crippen molar-refractivity contribution in [3.8, 4) is 5.88 Å². The van der Waals surface area contributed by atoms with E-state index in [0.29, 0.717) is 12.5 Å². The molecule has 1 saturated heterocycles. The van der Waals surface area contributed by atoms with Gasteiger partial charge < -0.3 is 15.0 Å². The Bertz CT molecular complexity index is 478. The van der Waals surface area contributed by atoms with E-state index < -0.39 is 0 Å². The molecular weight excluding hydrogens is 403 g/mol. The molecule has 6 heteroatoms. The maximum Gasteiger partial charge on any atom is 0.213 e. The Morgan fingerprint density at radius 2 is 2.30 bits per heavy atom. The number of piperidine rings is 1. The van der Waals surface area contributed by atoms with Crippen molar-refractivity contribution in [2.24, 2.45) is 10.9 Å². The fourth-order valence-electron chi connectivity index (χ4n) is 2.70. The van der Waals surface area contributed by atoms with Gasteiger partial charge in [-0.1, -0.05) is 19.9 Å². The Morgan fingerprint density at radius 3 is 2.91 bits per heavy atom. The second-order valence-electron chi connectivity index (χ2n) is 5.95. The standard InChI is InChI=1S/C17H28N4O.HI/c1-4-10-22-16-8-7-15(11-19-16)12-20-17(18-3)21-9-5-6-14(2)13-21;/h7-8,11,14H,4-6,9-10,12-13H2,1-3H3,(H,18,20);1H. The van der Waals surface area contributed by atoms with Crippen molar-refractivity contribution in [3.05, 3.63) is 23.9 Å². The van der Waals surface area contributed by atoms with Crippen LogP contribution in [0, 0.1) is 5.92 Å². The zero-order valence-corrected chi connectivity index (χ0v) is 16.7. The Balaban J connectivity index is 0.00000264. The van der Waals surface area contributed by atoms with Gasteiger partial charge >= 0.3 is 0 Å². The fraction of sp³-hybridized carbons (Fsp3) is 0.647. The van der Waals surface area contributed by atoms with Crippen molar-refractivity contribution < 1.29 is 4.74 Å². The van der Waals surface area contributed by atoms with E-state index in [2.05, 4.69) is 40.1 Å². The minimum atomic E-state index is 0. The molecule has 1 aromatic rings. The third kappa shape index (κ3) is 6.53. The molecule has 0 radical (unpaired) electrons. The van der Waals surface area contributed by atoms with Crippen molar-refractivity contribution in [1.82, 2.24) is 15.2 Å². The fourth-order valence-corrected chi connectivity index (χ4v) is 2.70. The Morgan fingerprint density at radius 1 is 1.48 bits per heavy atom. The van der Waals surface area contributed by atoms with E-state index in [-0.39, 0.29) is 24.0 Å². The number of ether oxygens (including phenoxy) is 1. The minimum Gasteiger partial charge on any atom is -0.478 e. The lowest BCUT2D eigenvalue weighted by Crippen LogP contribution is -2.45. The van der Waals surface area contributed by atoms with Gasteiger partial charge in [-0.15, -0.1) is 24.0 Å². The first-order valence-corrected chi connectivity index (χ1v) is 8.26. The summed E-state index contributed by atoms with van der Waals surface area (Å²) in [5.74, 6) is 2.42. The van der Waals surface area contributed by atoms with Crippen LogP contribution in [0.1, 0.15) is 38.7 Å². The number of hydrogen-bond donors (Lipinski definition) is 1. The molecule has 1 aromatic heterocycles. The first-order chi connectivity index (χ1) is 10.7. The zero-order chi connectivity index (χ0) is 15.8. The molecule has 1 unspecified atom stereocenters. The molecule has 2 rings (SSSR count). The number of likely N-dealkylation sites (tertiary alicyclic amines) is 1. The summed E-state index contributed by atoms with van der Waals surface area (Å²) in [6, 6.07) is 3.98. The Hall–Kier alpha value is -1.05. The van der Waals surface area contributed by atoms with Crippen LogP contribution in [0.5, 0.6) is 5.88 Å². The number of rotatable bonds is 5. The van der Waals surface area contributed by atoms with Gasteiger partial charge in [-0.3, -0.25) is 4.99 Å². The molecule has 1 atom stereocenters. The summed E-state index contributed by atoms with van der Waals surface area (Å²) in [6.07, 6.45) is 5.42. The number of aromatic nitrogens is 1. The van der Waals surface area contributed by atoms with Crippen molar-refractivity contribution in [3.63, 3.8) is 0 Å². The molecule has 0 saturated carbocycles. The van der Waals surface area contributed by atoms with Crippen LogP contribution in [0.4, 0.5) is 0 Å². The Labute approximate surface area is 156 Å². The summed E-state index contributed by atoms with van der Waals surface area (Å²) in [5, 5.41) is 3.43. The number of guanidine groups is 1. The zero-order valence-electron chi connectivity index (χ0n) is 14.4. The highest BCUT2D eigenvalue weighted by Gasteiger charge is 2.18. The Kier molecular flexibility index (Phi) is 9.28. The molecule has 0 aliphatic carbocycles. The van der Waals surface area contributed by atoms with Crippen molar-refractivity contribution in [1.29, 1.82) is 0 Å². The lowest BCUT2D eigenvalue weighted by molar-refractivity contribution is 0.266. The molecule has 0 spiro atoms. The molecule has 5 nitrogen and oxygen atoms in total. The van der Waals surface area contributed by atoms with E-state index in [9.17, 15) is 0 Å². The van der Waals surface area contributed by atoms with Gasteiger partial charge in [-0.05, 0) is 30.7 Å². The summed E-state index contributed by atoms with van der Waals surface area (Å²) in [4.78, 5) is 11.1. The van der Waals surface area contributed by atoms with E-state index in [4.69, 9.17) is 4.74 Å². The minimum absolute atomic E-state index is 0. The molecule has 1 aliphatic heterocycles. The number of nitrogens with one attached hydrogen (secondary N) is 1. The van der Waals surface area contributed by atoms with E-state index in [1.54, 1.807) is 0 Å². The maximum absolute atomic E-state index is 5.50. The van der Waals surface area contributed by atoms with Crippen LogP contribution < -0.4 is 10.1 Å². The molecule has 1 N–H and O–H groups in total. The summed E-state index contributed by atoms with van der Waals surface area (Å²) in [6.45, 7) is 8.01. The highest BCUT2D eigenvalue weighted by Crippen LogP contribution is 2.15. The number of aliphatic imine (C=N–C) groups is 1. The van der Waals surface area contributed by atoms with Crippen molar-refractivity contribution in [2.75, 3.05) is 26.7 Å². The lowest BCUT2D eigenvalue weighted by Gasteiger charge is -2.33. The first-order valence-electron chi connectivity index (χ1n) is 8.26. The quantitative estimate of drug-likeness (QED) is 0.441. The van der Waals surface area contributed by atoms with E-state index in [1.807, 2.05) is 19.3 Å². The van der Waals surface area contributed by atoms with E-state index in [0.717, 1.165) is 43.5 Å². The number of hydrogen-bond acceptors (Lipinski definition) is 3. The highest BCUT2D eigenvalue weighted by atomic mass is 127. The summed E-state index contributed by atoms with van der Waals surface area (Å²) in [7, 11) is 1.85. The average Bonchev–Trinajstić information content (AvgIpc) is 2.55. The van der Waals surface area contributed by atoms with Crippen LogP contribution in [-0.4, -0.2) is 42.6 Å². The van der Waals surface area contributed by atoms with Gasteiger partial charge in [0.25, 0.3) is 0 Å². The second-order valence-corrected chi connectivity index (χ2v) is 5.95. The van der Waals surface area contributed by atoms with Gasteiger partial charge in [0, 0.05) is 38.9 Å². The largest absolute Gasteiger partial charge is 0.478 e. The summed E-state index contributed by atoms with van der Waals surface area (Å²) < 4.78 is 5.50. The molecule has 0 bridgehead atoms. The molecule has 23 heavy (non-hydrogen) atoms. The van der Waals surface area contributed by atoms with Crippen LogP contribution in [0.2, 0.25) is 0 Å². The molecule has 0 aromatic carbocycles. The van der Waals surface area contributed by atoms with Gasteiger partial charge in [0.2, 0.25) is 5.88 Å². The normalized spacial score (nSPS) is 18.3. The summed E-state index contributed by atoms with van der Waals surface area (Å²) in [5.41, 5.74) is 1.13. The first kappa shape index (κ1) is 20.0. The third-order valence-corrected chi connectivity index (χ3v) is 3.87. The van der Waals surface area contributed by atoms with Crippen LogP contribution in [0.25, 0.3) is 0 Å². The van der Waals surface area contributed by atoms with E-state index in [1.165, 1.54) is 12.8 Å². The smallest absolute Gasteiger partial charge is 0.213 e. The van der Waals surface area contributed by atoms with E-state index >= 15 is 0 Å². The van der Waals surface area contributed by atoms with Crippen LogP contribution in [-0.2, 0) is 6.54 Å². The molecule has 0 amide bonds. The topological polar surface area (TPSA) is 49.8 Å². The van der Waals surface area contributed by atoms with Gasteiger partial charge in [0.05, 0.1) is 6.61 Å². The highest BCUT2D eigenvalue weighted by molar-refractivity contribution is 14.0. The van der Waals surface area contributed by atoms with Crippen LogP contribution >= 0.6 is 24.0 Å². The lowest BCUT2D eigenvalue weighted by atomic mass is 10.0. The maximum atomic E-state index is 5.50. The van der Waals surface area contributed by atoms with Crippen molar-refractivity contribution >= 4 is 29.9 Å². The second kappa shape index (κ2) is 10.7. The SMILES string of the molecule is CCCOc1ccc(CNC(=NC)N2CCCC(C)C2)cn1.I. The molecule has 130 valence electrons. The van der Waals surface area contributed by atoms with Gasteiger partial charge in [0.15, 0.2) is 5.96 Å². The monoisotopic (exact) mass is 432 g/mol. The van der Waals surface area contributed by atoms with Gasteiger partial charge in [-0.25, -0.2) is 4.98 Å². The predicted molar refractivity (Wildman–Crippen MR) is 106 cm³/mol. The third-order valence-electron chi connectivity index (χ3n) is 3.87. The average molecular weight is 432 g/mol. The summed E-state index contributed by atoms with van der Waals surface area (Å²) >= 11 is 0. The van der Waals surface area contributed by atoms with Crippen LogP contribution in [0.15, 0.2) is 23.3 Å². The van der Waals surface area contributed by atoms with Gasteiger partial charge in [-0.2, -0.15) is 0 Å². The van der Waals surface area contributed by atoms with Gasteiger partial charge in [0.1, 0.15) is 0 Å². The predicted octanol–water partition coefficient (Wildman–Crippen LogP) is 3.30.